The molecule has 4 heteroatoms. The van der Waals surface area contributed by atoms with E-state index in [0.717, 1.165) is 11.3 Å². The van der Waals surface area contributed by atoms with Crippen LogP contribution in [0.3, 0.4) is 0 Å². The lowest BCUT2D eigenvalue weighted by Gasteiger charge is -2.35. The molecule has 1 aromatic rings. The number of amides is 1. The fraction of sp³-hybridized carbons (Fsp3) is 0.533. The van der Waals surface area contributed by atoms with E-state index in [1.54, 1.807) is 7.11 Å². The first-order valence-corrected chi connectivity index (χ1v) is 6.60. The zero-order valence-corrected chi connectivity index (χ0v) is 12.0. The van der Waals surface area contributed by atoms with E-state index in [4.69, 9.17) is 9.47 Å². The number of hydrogen-bond acceptors (Lipinski definition) is 3. The number of nitrogens with zero attached hydrogens (tertiary/aromatic N) is 1. The number of rotatable bonds is 2. The third kappa shape index (κ3) is 3.07. The smallest absolute Gasteiger partial charge is 0.254 e. The largest absolute Gasteiger partial charge is 0.496 e. The van der Waals surface area contributed by atoms with Crippen LogP contribution >= 0.6 is 0 Å². The van der Waals surface area contributed by atoms with Crippen LogP contribution in [0.15, 0.2) is 18.2 Å². The second-order valence-electron chi connectivity index (χ2n) is 5.15. The van der Waals surface area contributed by atoms with Crippen LogP contribution in [0.25, 0.3) is 0 Å². The van der Waals surface area contributed by atoms with Gasteiger partial charge < -0.3 is 14.4 Å². The molecule has 0 saturated carbocycles. The van der Waals surface area contributed by atoms with Crippen LogP contribution in [-0.4, -0.2) is 43.2 Å². The number of benzene rings is 1. The van der Waals surface area contributed by atoms with E-state index >= 15 is 0 Å². The van der Waals surface area contributed by atoms with Crippen molar-refractivity contribution in [2.45, 2.75) is 33.0 Å². The van der Waals surface area contributed by atoms with E-state index in [1.165, 1.54) is 0 Å². The Labute approximate surface area is 114 Å². The van der Waals surface area contributed by atoms with Gasteiger partial charge in [-0.15, -0.1) is 0 Å². The zero-order valence-electron chi connectivity index (χ0n) is 12.0. The molecule has 0 bridgehead atoms. The first kappa shape index (κ1) is 13.9. The lowest BCUT2D eigenvalue weighted by Crippen LogP contribution is -2.48. The molecule has 2 rings (SSSR count). The van der Waals surface area contributed by atoms with Gasteiger partial charge in [-0.3, -0.25) is 4.79 Å². The molecule has 1 aromatic carbocycles. The zero-order chi connectivity index (χ0) is 14.0. The molecule has 19 heavy (non-hydrogen) atoms. The van der Waals surface area contributed by atoms with Crippen LogP contribution in [0.5, 0.6) is 5.75 Å². The first-order valence-electron chi connectivity index (χ1n) is 6.60. The molecular weight excluding hydrogens is 242 g/mol. The summed E-state index contributed by atoms with van der Waals surface area (Å²) >= 11 is 0. The Bertz CT molecular complexity index is 462. The van der Waals surface area contributed by atoms with Crippen molar-refractivity contribution in [3.63, 3.8) is 0 Å². The van der Waals surface area contributed by atoms with Gasteiger partial charge in [-0.2, -0.15) is 0 Å². The molecule has 1 aliphatic rings. The molecule has 0 spiro atoms. The maximum absolute atomic E-state index is 12.5. The Hall–Kier alpha value is -1.55. The summed E-state index contributed by atoms with van der Waals surface area (Å²) in [6, 6.07) is 5.58. The van der Waals surface area contributed by atoms with Gasteiger partial charge in [0.2, 0.25) is 0 Å². The third-order valence-electron chi connectivity index (χ3n) is 3.36. The van der Waals surface area contributed by atoms with Crippen molar-refractivity contribution in [2.75, 3.05) is 20.2 Å². The van der Waals surface area contributed by atoms with Gasteiger partial charge in [0.25, 0.3) is 5.91 Å². The Kier molecular flexibility index (Phi) is 4.10. The molecule has 2 atom stereocenters. The molecule has 1 heterocycles. The molecule has 1 aliphatic heterocycles. The quantitative estimate of drug-likeness (QED) is 0.821. The fourth-order valence-corrected chi connectivity index (χ4v) is 2.48. The molecule has 0 N–H and O–H groups in total. The lowest BCUT2D eigenvalue weighted by atomic mass is 10.1. The van der Waals surface area contributed by atoms with Crippen LogP contribution in [0.2, 0.25) is 0 Å². The van der Waals surface area contributed by atoms with Gasteiger partial charge >= 0.3 is 0 Å². The van der Waals surface area contributed by atoms with E-state index in [2.05, 4.69) is 0 Å². The SMILES string of the molecule is COc1cc(C(=O)N2C[C@H](C)O[C@@H](C)C2)ccc1C. The molecular formula is C15H21NO3. The monoisotopic (exact) mass is 263 g/mol. The number of methoxy groups -OCH3 is 1. The molecule has 0 aliphatic carbocycles. The van der Waals surface area contributed by atoms with Crippen LogP contribution in [0.1, 0.15) is 29.8 Å². The third-order valence-corrected chi connectivity index (χ3v) is 3.36. The van der Waals surface area contributed by atoms with Crippen LogP contribution in [0, 0.1) is 6.92 Å². The summed E-state index contributed by atoms with van der Waals surface area (Å²) in [5, 5.41) is 0. The Morgan fingerprint density at radius 1 is 1.32 bits per heavy atom. The van der Waals surface area contributed by atoms with Crippen molar-refractivity contribution < 1.29 is 14.3 Å². The Morgan fingerprint density at radius 3 is 2.53 bits per heavy atom. The summed E-state index contributed by atoms with van der Waals surface area (Å²) in [4.78, 5) is 14.3. The number of ether oxygens (including phenoxy) is 2. The van der Waals surface area contributed by atoms with Gasteiger partial charge in [0.05, 0.1) is 19.3 Å². The maximum Gasteiger partial charge on any atom is 0.254 e. The van der Waals surface area contributed by atoms with Crippen molar-refractivity contribution in [2.24, 2.45) is 0 Å². The van der Waals surface area contributed by atoms with E-state index in [-0.39, 0.29) is 18.1 Å². The molecule has 4 nitrogen and oxygen atoms in total. The standard InChI is InChI=1S/C15H21NO3/c1-10-5-6-13(7-14(10)18-4)15(17)16-8-11(2)19-12(3)9-16/h5-7,11-12H,8-9H2,1-4H3/t11-,12-/m0/s1. The van der Waals surface area contributed by atoms with Crippen LogP contribution < -0.4 is 4.74 Å². The maximum atomic E-state index is 12.5. The summed E-state index contributed by atoms with van der Waals surface area (Å²) in [5.74, 6) is 0.792. The summed E-state index contributed by atoms with van der Waals surface area (Å²) < 4.78 is 10.9. The highest BCUT2D eigenvalue weighted by atomic mass is 16.5. The highest BCUT2D eigenvalue weighted by Gasteiger charge is 2.26. The summed E-state index contributed by atoms with van der Waals surface area (Å²) in [7, 11) is 1.62. The van der Waals surface area contributed by atoms with Gasteiger partial charge in [-0.1, -0.05) is 6.07 Å². The summed E-state index contributed by atoms with van der Waals surface area (Å²) in [5.41, 5.74) is 1.70. The molecule has 1 fully saturated rings. The average Bonchev–Trinajstić information content (AvgIpc) is 2.37. The van der Waals surface area contributed by atoms with E-state index < -0.39 is 0 Å². The minimum Gasteiger partial charge on any atom is -0.496 e. The highest BCUT2D eigenvalue weighted by molar-refractivity contribution is 5.94. The molecule has 104 valence electrons. The molecule has 0 radical (unpaired) electrons. The second kappa shape index (κ2) is 5.61. The predicted molar refractivity (Wildman–Crippen MR) is 73.6 cm³/mol. The van der Waals surface area contributed by atoms with E-state index in [9.17, 15) is 4.79 Å². The van der Waals surface area contributed by atoms with Crippen molar-refractivity contribution >= 4 is 5.91 Å². The average molecular weight is 263 g/mol. The number of hydrogen-bond donors (Lipinski definition) is 0. The Morgan fingerprint density at radius 2 is 1.95 bits per heavy atom. The minimum atomic E-state index is 0.0419. The Balaban J connectivity index is 2.19. The molecule has 1 amide bonds. The van der Waals surface area contributed by atoms with E-state index in [0.29, 0.717) is 18.7 Å². The second-order valence-corrected chi connectivity index (χ2v) is 5.15. The fourth-order valence-electron chi connectivity index (χ4n) is 2.48. The van der Waals surface area contributed by atoms with Crippen LogP contribution in [0.4, 0.5) is 0 Å². The normalized spacial score (nSPS) is 23.3. The minimum absolute atomic E-state index is 0.0419. The van der Waals surface area contributed by atoms with Gasteiger partial charge in [0, 0.05) is 18.7 Å². The van der Waals surface area contributed by atoms with Crippen molar-refractivity contribution in [3.05, 3.63) is 29.3 Å². The molecule has 0 unspecified atom stereocenters. The number of aryl methyl sites for hydroxylation is 1. The summed E-state index contributed by atoms with van der Waals surface area (Å²) in [6.07, 6.45) is 0.167. The molecule has 1 saturated heterocycles. The van der Waals surface area contributed by atoms with Gasteiger partial charge in [-0.25, -0.2) is 0 Å². The van der Waals surface area contributed by atoms with Gasteiger partial charge in [-0.05, 0) is 38.5 Å². The summed E-state index contributed by atoms with van der Waals surface area (Å²) in [6.45, 7) is 7.22. The van der Waals surface area contributed by atoms with Gasteiger partial charge in [0.1, 0.15) is 5.75 Å². The molecule has 0 aromatic heterocycles. The number of carbonyl (C=O) groups excluding carboxylic acids is 1. The highest BCUT2D eigenvalue weighted by Crippen LogP contribution is 2.21. The van der Waals surface area contributed by atoms with Crippen molar-refractivity contribution in [1.29, 1.82) is 0 Å². The first-order chi connectivity index (χ1) is 9.01. The van der Waals surface area contributed by atoms with Crippen molar-refractivity contribution in [3.8, 4) is 5.75 Å². The van der Waals surface area contributed by atoms with Gasteiger partial charge in [0.15, 0.2) is 0 Å². The number of morpholine rings is 1. The predicted octanol–water partition coefficient (Wildman–Crippen LogP) is 2.25. The topological polar surface area (TPSA) is 38.8 Å². The van der Waals surface area contributed by atoms with Crippen LogP contribution in [-0.2, 0) is 4.74 Å². The number of carbonyl (C=O) groups is 1. The lowest BCUT2D eigenvalue weighted by molar-refractivity contribution is -0.0586. The van der Waals surface area contributed by atoms with E-state index in [1.807, 2.05) is 43.9 Å². The van der Waals surface area contributed by atoms with Crippen molar-refractivity contribution in [1.82, 2.24) is 4.90 Å².